The number of benzene rings is 2. The number of fused-ring (bicyclic) bond motifs is 6. The molecule has 31 heavy (non-hydrogen) atoms. The first-order valence-corrected chi connectivity index (χ1v) is 10.6. The van der Waals surface area contributed by atoms with E-state index in [1.807, 2.05) is 38.4 Å². The van der Waals surface area contributed by atoms with E-state index < -0.39 is 0 Å². The Bertz CT molecular complexity index is 1290. The van der Waals surface area contributed by atoms with Crippen molar-refractivity contribution in [1.29, 1.82) is 0 Å². The summed E-state index contributed by atoms with van der Waals surface area (Å²) in [5, 5.41) is 0. The highest BCUT2D eigenvalue weighted by molar-refractivity contribution is 5.90. The van der Waals surface area contributed by atoms with Gasteiger partial charge in [-0.1, -0.05) is 12.1 Å². The highest BCUT2D eigenvalue weighted by atomic mass is 16.5. The zero-order chi connectivity index (χ0) is 21.8. The summed E-state index contributed by atoms with van der Waals surface area (Å²) in [5.74, 6) is 1.55. The van der Waals surface area contributed by atoms with Crippen LogP contribution in [0.15, 0.2) is 42.5 Å². The van der Waals surface area contributed by atoms with Crippen molar-refractivity contribution in [2.24, 2.45) is 0 Å². The van der Waals surface area contributed by atoms with Gasteiger partial charge in [-0.25, -0.2) is 9.97 Å². The smallest absolute Gasteiger partial charge is 0.161 e. The Morgan fingerprint density at radius 2 is 1.74 bits per heavy atom. The molecule has 6 nitrogen and oxygen atoms in total. The van der Waals surface area contributed by atoms with Gasteiger partial charge < -0.3 is 18.9 Å². The van der Waals surface area contributed by atoms with Gasteiger partial charge in [0.2, 0.25) is 0 Å². The average Bonchev–Trinajstić information content (AvgIpc) is 3.11. The molecular formula is C25H28N4O2. The van der Waals surface area contributed by atoms with Crippen LogP contribution in [0.2, 0.25) is 0 Å². The van der Waals surface area contributed by atoms with Crippen molar-refractivity contribution in [3.05, 3.63) is 48.0 Å². The number of hydrogen-bond acceptors (Lipinski definition) is 5. The van der Waals surface area contributed by atoms with Crippen LogP contribution in [0.25, 0.3) is 33.5 Å². The van der Waals surface area contributed by atoms with Gasteiger partial charge in [-0.15, -0.1) is 0 Å². The Morgan fingerprint density at radius 3 is 2.45 bits per heavy atom. The molecule has 0 radical (unpaired) electrons. The van der Waals surface area contributed by atoms with Crippen molar-refractivity contribution in [2.75, 3.05) is 34.4 Å². The highest BCUT2D eigenvalue weighted by Gasteiger charge is 2.34. The lowest BCUT2D eigenvalue weighted by Gasteiger charge is -2.35. The van der Waals surface area contributed by atoms with E-state index in [0.29, 0.717) is 6.61 Å². The fraction of sp³-hybridized carbons (Fsp3) is 0.360. The van der Waals surface area contributed by atoms with Crippen molar-refractivity contribution >= 4 is 22.2 Å². The molecule has 0 amide bonds. The minimum absolute atomic E-state index is 0.139. The molecule has 0 N–H and O–H groups in total. The number of methoxy groups -OCH3 is 1. The van der Waals surface area contributed by atoms with Gasteiger partial charge in [0.1, 0.15) is 12.1 Å². The normalized spacial score (nSPS) is 14.6. The third kappa shape index (κ3) is 3.31. The van der Waals surface area contributed by atoms with E-state index in [1.54, 1.807) is 7.11 Å². The van der Waals surface area contributed by atoms with E-state index in [2.05, 4.69) is 41.5 Å². The quantitative estimate of drug-likeness (QED) is 0.480. The molecule has 6 heteroatoms. The van der Waals surface area contributed by atoms with Crippen LogP contribution in [0.1, 0.15) is 19.4 Å². The lowest BCUT2D eigenvalue weighted by atomic mass is 9.86. The molecule has 0 spiro atoms. The van der Waals surface area contributed by atoms with Gasteiger partial charge in [0, 0.05) is 17.6 Å². The van der Waals surface area contributed by atoms with E-state index >= 15 is 0 Å². The second kappa shape index (κ2) is 7.24. The van der Waals surface area contributed by atoms with Gasteiger partial charge in [-0.05, 0) is 70.3 Å². The van der Waals surface area contributed by atoms with Crippen LogP contribution in [0, 0.1) is 0 Å². The Morgan fingerprint density at radius 1 is 1.00 bits per heavy atom. The first-order chi connectivity index (χ1) is 14.9. The minimum Gasteiger partial charge on any atom is -0.493 e. The number of para-hydroxylation sites is 2. The van der Waals surface area contributed by atoms with Crippen LogP contribution in [0.3, 0.4) is 0 Å². The van der Waals surface area contributed by atoms with Crippen molar-refractivity contribution in [2.45, 2.75) is 25.8 Å². The third-order valence-electron chi connectivity index (χ3n) is 5.99. The molecule has 4 aromatic rings. The van der Waals surface area contributed by atoms with E-state index in [-0.39, 0.29) is 5.54 Å². The van der Waals surface area contributed by atoms with Crippen molar-refractivity contribution in [3.8, 4) is 22.8 Å². The monoisotopic (exact) mass is 416 g/mol. The van der Waals surface area contributed by atoms with Gasteiger partial charge in [0.05, 0.1) is 23.8 Å². The molecule has 0 atom stereocenters. The van der Waals surface area contributed by atoms with E-state index in [9.17, 15) is 0 Å². The fourth-order valence-corrected chi connectivity index (χ4v) is 4.53. The maximum atomic E-state index is 6.10. The lowest BCUT2D eigenvalue weighted by Crippen LogP contribution is -2.33. The summed E-state index contributed by atoms with van der Waals surface area (Å²) in [7, 11) is 5.78. The number of nitrogens with zero attached hydrogens (tertiary/aromatic N) is 4. The van der Waals surface area contributed by atoms with E-state index in [1.165, 1.54) is 5.56 Å². The first kappa shape index (κ1) is 19.8. The summed E-state index contributed by atoms with van der Waals surface area (Å²) >= 11 is 0. The molecule has 0 saturated heterocycles. The minimum atomic E-state index is -0.139. The first-order valence-electron chi connectivity index (χ1n) is 10.6. The largest absolute Gasteiger partial charge is 0.493 e. The van der Waals surface area contributed by atoms with Crippen molar-refractivity contribution in [3.63, 3.8) is 0 Å². The van der Waals surface area contributed by atoms with Gasteiger partial charge in [0.15, 0.2) is 17.1 Å². The Balaban J connectivity index is 1.70. The molecule has 160 valence electrons. The zero-order valence-electron chi connectivity index (χ0n) is 18.8. The number of aromatic nitrogens is 3. The number of hydrogen-bond donors (Lipinski definition) is 0. The predicted molar refractivity (Wildman–Crippen MR) is 124 cm³/mol. The van der Waals surface area contributed by atoms with Gasteiger partial charge in [-0.3, -0.25) is 0 Å². The number of rotatable bonds is 5. The van der Waals surface area contributed by atoms with Crippen LogP contribution in [0.4, 0.5) is 0 Å². The zero-order valence-corrected chi connectivity index (χ0v) is 18.8. The van der Waals surface area contributed by atoms with Gasteiger partial charge >= 0.3 is 0 Å². The maximum absolute atomic E-state index is 6.10. The lowest BCUT2D eigenvalue weighted by molar-refractivity contribution is 0.250. The molecule has 1 aliphatic rings. The van der Waals surface area contributed by atoms with Crippen molar-refractivity contribution in [1.82, 2.24) is 19.4 Å². The molecule has 3 heterocycles. The standard InChI is InChI=1S/C25H28N4O2/c1-25(2)15-16-12-22(30-5)23(31-11-10-28(3)4)13-17(16)21-14-20-24(29(21)25)27-19-9-7-6-8-18(19)26-20/h6-9,12-14H,10-11,15H2,1-5H3. The molecule has 5 rings (SSSR count). The molecule has 0 aliphatic carbocycles. The Kier molecular flexibility index (Phi) is 4.63. The molecule has 0 fully saturated rings. The Labute approximate surface area is 182 Å². The SMILES string of the molecule is COc1cc2c(cc1OCCN(C)C)-c1cc3nc4ccccc4nc3n1C(C)(C)C2. The fourth-order valence-electron chi connectivity index (χ4n) is 4.53. The topological polar surface area (TPSA) is 52.4 Å². The summed E-state index contributed by atoms with van der Waals surface area (Å²) in [4.78, 5) is 12.0. The summed E-state index contributed by atoms with van der Waals surface area (Å²) < 4.78 is 14.1. The molecule has 0 bridgehead atoms. The van der Waals surface area contributed by atoms with Crippen LogP contribution in [0.5, 0.6) is 11.5 Å². The number of likely N-dealkylation sites (N-methyl/N-ethyl adjacent to an activating group) is 1. The van der Waals surface area contributed by atoms with Gasteiger partial charge in [-0.2, -0.15) is 0 Å². The summed E-state index contributed by atoms with van der Waals surface area (Å²) in [6.45, 7) is 5.95. The van der Waals surface area contributed by atoms with Crippen LogP contribution >= 0.6 is 0 Å². The molecule has 1 aliphatic heterocycles. The third-order valence-corrected chi connectivity index (χ3v) is 5.99. The van der Waals surface area contributed by atoms with Gasteiger partial charge in [0.25, 0.3) is 0 Å². The van der Waals surface area contributed by atoms with E-state index in [4.69, 9.17) is 19.4 Å². The summed E-state index contributed by atoms with van der Waals surface area (Å²) in [6.07, 6.45) is 0.877. The van der Waals surface area contributed by atoms with Crippen LogP contribution in [-0.4, -0.2) is 53.8 Å². The van der Waals surface area contributed by atoms with Crippen LogP contribution in [-0.2, 0) is 12.0 Å². The molecule has 2 aromatic heterocycles. The summed E-state index contributed by atoms with van der Waals surface area (Å²) in [6, 6.07) is 14.4. The van der Waals surface area contributed by atoms with Crippen molar-refractivity contribution < 1.29 is 9.47 Å². The molecule has 0 unspecified atom stereocenters. The Hall–Kier alpha value is -3.12. The second-order valence-electron chi connectivity index (χ2n) is 9.09. The average molecular weight is 417 g/mol. The molecular weight excluding hydrogens is 388 g/mol. The highest BCUT2D eigenvalue weighted by Crippen LogP contribution is 2.45. The summed E-state index contributed by atoms with van der Waals surface area (Å²) in [5.41, 5.74) is 7.07. The number of ether oxygens (including phenoxy) is 2. The second-order valence-corrected chi connectivity index (χ2v) is 9.09. The molecule has 0 saturated carbocycles. The maximum Gasteiger partial charge on any atom is 0.161 e. The van der Waals surface area contributed by atoms with E-state index in [0.717, 1.165) is 57.9 Å². The predicted octanol–water partition coefficient (Wildman–Crippen LogP) is 4.49. The van der Waals surface area contributed by atoms with Crippen LogP contribution < -0.4 is 9.47 Å². The molecule has 2 aromatic carbocycles.